The standard InChI is InChI=1S/C21H17N3O5/c25-20(22-14-15-6-2-1-3-7-15)18(23-21(26)19-10-5-11-29-19)13-16-8-4-9-17(12-16)24(27)28/h1-13H,14H2,(H,22,25)(H,23,26)/b18-13+. The Morgan fingerprint density at radius 1 is 1.03 bits per heavy atom. The van der Waals surface area contributed by atoms with E-state index in [4.69, 9.17) is 4.42 Å². The van der Waals surface area contributed by atoms with Crippen molar-refractivity contribution >= 4 is 23.6 Å². The van der Waals surface area contributed by atoms with Crippen LogP contribution >= 0.6 is 0 Å². The molecule has 0 atom stereocenters. The summed E-state index contributed by atoms with van der Waals surface area (Å²) in [5, 5.41) is 16.2. The van der Waals surface area contributed by atoms with Crippen molar-refractivity contribution in [2.24, 2.45) is 0 Å². The predicted molar refractivity (Wildman–Crippen MR) is 106 cm³/mol. The fourth-order valence-electron chi connectivity index (χ4n) is 2.52. The Labute approximate surface area is 166 Å². The molecule has 2 N–H and O–H groups in total. The summed E-state index contributed by atoms with van der Waals surface area (Å²) in [6, 6.07) is 18.0. The average molecular weight is 391 g/mol. The van der Waals surface area contributed by atoms with Gasteiger partial charge in [0.05, 0.1) is 11.2 Å². The van der Waals surface area contributed by atoms with Gasteiger partial charge in [-0.15, -0.1) is 0 Å². The molecule has 0 saturated carbocycles. The molecule has 8 nitrogen and oxygen atoms in total. The van der Waals surface area contributed by atoms with E-state index in [1.54, 1.807) is 12.1 Å². The quantitative estimate of drug-likeness (QED) is 0.364. The zero-order valence-corrected chi connectivity index (χ0v) is 15.2. The monoisotopic (exact) mass is 391 g/mol. The number of nitrogens with one attached hydrogen (secondary N) is 2. The molecule has 0 saturated heterocycles. The topological polar surface area (TPSA) is 114 Å². The van der Waals surface area contributed by atoms with Crippen LogP contribution in [-0.2, 0) is 11.3 Å². The summed E-state index contributed by atoms with van der Waals surface area (Å²) >= 11 is 0. The minimum absolute atomic E-state index is 0.0331. The number of nitro groups is 1. The second-order valence-corrected chi connectivity index (χ2v) is 6.01. The number of rotatable bonds is 7. The summed E-state index contributed by atoms with van der Waals surface area (Å²) in [4.78, 5) is 35.5. The number of carbonyl (C=O) groups excluding carboxylic acids is 2. The van der Waals surface area contributed by atoms with Crippen molar-refractivity contribution in [1.29, 1.82) is 0 Å². The van der Waals surface area contributed by atoms with Gasteiger partial charge in [0, 0.05) is 18.7 Å². The number of benzene rings is 2. The normalized spacial score (nSPS) is 11.0. The first-order chi connectivity index (χ1) is 14.0. The van der Waals surface area contributed by atoms with E-state index < -0.39 is 16.7 Å². The third kappa shape index (κ3) is 5.39. The fourth-order valence-corrected chi connectivity index (χ4v) is 2.52. The number of nitrogens with zero attached hydrogens (tertiary/aromatic N) is 1. The van der Waals surface area contributed by atoms with Crippen LogP contribution in [0.3, 0.4) is 0 Å². The Morgan fingerprint density at radius 3 is 2.52 bits per heavy atom. The molecule has 2 amide bonds. The molecule has 3 rings (SSSR count). The molecule has 1 heterocycles. The number of hydrogen-bond acceptors (Lipinski definition) is 5. The molecule has 0 aliphatic heterocycles. The molecule has 0 radical (unpaired) electrons. The van der Waals surface area contributed by atoms with Crippen LogP contribution in [0.25, 0.3) is 6.08 Å². The van der Waals surface area contributed by atoms with Gasteiger partial charge >= 0.3 is 0 Å². The molecule has 0 aliphatic carbocycles. The van der Waals surface area contributed by atoms with Gasteiger partial charge in [-0.3, -0.25) is 19.7 Å². The highest BCUT2D eigenvalue weighted by molar-refractivity contribution is 6.04. The molecule has 146 valence electrons. The van der Waals surface area contributed by atoms with Crippen LogP contribution in [0.1, 0.15) is 21.7 Å². The first-order valence-corrected chi connectivity index (χ1v) is 8.66. The van der Waals surface area contributed by atoms with Crippen LogP contribution < -0.4 is 10.6 Å². The number of carbonyl (C=O) groups is 2. The van der Waals surface area contributed by atoms with Crippen molar-refractivity contribution in [2.45, 2.75) is 6.54 Å². The van der Waals surface area contributed by atoms with Gasteiger partial charge in [0.25, 0.3) is 17.5 Å². The molecule has 2 aromatic carbocycles. The number of non-ortho nitro benzene ring substituents is 1. The Morgan fingerprint density at radius 2 is 1.83 bits per heavy atom. The summed E-state index contributed by atoms with van der Waals surface area (Å²) < 4.78 is 5.05. The van der Waals surface area contributed by atoms with E-state index in [2.05, 4.69) is 10.6 Å². The van der Waals surface area contributed by atoms with E-state index in [-0.39, 0.29) is 23.7 Å². The fraction of sp³-hybridized carbons (Fsp3) is 0.0476. The van der Waals surface area contributed by atoms with E-state index in [1.165, 1.54) is 36.6 Å². The summed E-state index contributed by atoms with van der Waals surface area (Å²) in [7, 11) is 0. The van der Waals surface area contributed by atoms with Crippen LogP contribution in [0, 0.1) is 10.1 Å². The highest BCUT2D eigenvalue weighted by Gasteiger charge is 2.17. The van der Waals surface area contributed by atoms with Crippen LogP contribution in [-0.4, -0.2) is 16.7 Å². The summed E-state index contributed by atoms with van der Waals surface area (Å²) in [5.41, 5.74) is 1.08. The molecule has 0 unspecified atom stereocenters. The maximum absolute atomic E-state index is 12.7. The molecule has 3 aromatic rings. The third-order valence-electron chi connectivity index (χ3n) is 3.93. The Hall–Kier alpha value is -4.20. The molecule has 0 spiro atoms. The van der Waals surface area contributed by atoms with Gasteiger partial charge in [-0.1, -0.05) is 42.5 Å². The minimum atomic E-state index is -0.610. The molecular formula is C21H17N3O5. The first kappa shape index (κ1) is 19.6. The second-order valence-electron chi connectivity index (χ2n) is 6.01. The van der Waals surface area contributed by atoms with E-state index in [0.29, 0.717) is 5.56 Å². The van der Waals surface area contributed by atoms with Gasteiger partial charge in [-0.05, 0) is 29.3 Å². The number of nitro benzene ring substituents is 1. The van der Waals surface area contributed by atoms with Crippen LogP contribution in [0.15, 0.2) is 83.1 Å². The van der Waals surface area contributed by atoms with Crippen LogP contribution in [0.5, 0.6) is 0 Å². The molecule has 0 aliphatic rings. The first-order valence-electron chi connectivity index (χ1n) is 8.66. The SMILES string of the molecule is O=C(NCc1ccccc1)/C(=C\c1cccc([N+](=O)[O-])c1)NC(=O)c1ccco1. The van der Waals surface area contributed by atoms with Crippen molar-refractivity contribution in [1.82, 2.24) is 10.6 Å². The lowest BCUT2D eigenvalue weighted by Gasteiger charge is -2.10. The summed E-state index contributed by atoms with van der Waals surface area (Å²) in [6.07, 6.45) is 2.71. The third-order valence-corrected chi connectivity index (χ3v) is 3.93. The van der Waals surface area contributed by atoms with Gasteiger partial charge in [-0.25, -0.2) is 0 Å². The van der Waals surface area contributed by atoms with Crippen LogP contribution in [0.2, 0.25) is 0 Å². The van der Waals surface area contributed by atoms with Crippen molar-refractivity contribution < 1.29 is 18.9 Å². The number of amides is 2. The highest BCUT2D eigenvalue weighted by atomic mass is 16.6. The van der Waals surface area contributed by atoms with Crippen LogP contribution in [0.4, 0.5) is 5.69 Å². The van der Waals surface area contributed by atoms with E-state index in [1.807, 2.05) is 30.3 Å². The Bertz CT molecular complexity index is 1040. The zero-order valence-electron chi connectivity index (χ0n) is 15.2. The van der Waals surface area contributed by atoms with E-state index >= 15 is 0 Å². The molecule has 1 aromatic heterocycles. The number of furan rings is 1. The Kier molecular flexibility index (Phi) is 6.16. The maximum atomic E-state index is 12.7. The minimum Gasteiger partial charge on any atom is -0.459 e. The van der Waals surface area contributed by atoms with Crippen molar-refractivity contribution in [3.8, 4) is 0 Å². The van der Waals surface area contributed by atoms with Crippen molar-refractivity contribution in [3.63, 3.8) is 0 Å². The van der Waals surface area contributed by atoms with Crippen molar-refractivity contribution in [2.75, 3.05) is 0 Å². The van der Waals surface area contributed by atoms with Crippen molar-refractivity contribution in [3.05, 3.63) is 106 Å². The maximum Gasteiger partial charge on any atom is 0.291 e. The second kappa shape index (κ2) is 9.14. The largest absolute Gasteiger partial charge is 0.459 e. The van der Waals surface area contributed by atoms with E-state index in [0.717, 1.165) is 5.56 Å². The van der Waals surface area contributed by atoms with Gasteiger partial charge in [-0.2, -0.15) is 0 Å². The molecule has 8 heteroatoms. The zero-order chi connectivity index (χ0) is 20.6. The van der Waals surface area contributed by atoms with Gasteiger partial charge in [0.1, 0.15) is 5.70 Å². The highest BCUT2D eigenvalue weighted by Crippen LogP contribution is 2.16. The molecular weight excluding hydrogens is 374 g/mol. The van der Waals surface area contributed by atoms with Gasteiger partial charge in [0.2, 0.25) is 0 Å². The smallest absolute Gasteiger partial charge is 0.291 e. The van der Waals surface area contributed by atoms with E-state index in [9.17, 15) is 19.7 Å². The predicted octanol–water partition coefficient (Wildman–Crippen LogP) is 3.28. The average Bonchev–Trinajstić information content (AvgIpc) is 3.27. The lowest BCUT2D eigenvalue weighted by atomic mass is 10.1. The lowest BCUT2D eigenvalue weighted by Crippen LogP contribution is -2.34. The summed E-state index contributed by atoms with van der Waals surface area (Å²) in [6.45, 7) is 0.253. The van der Waals surface area contributed by atoms with Gasteiger partial charge < -0.3 is 15.1 Å². The molecule has 0 bridgehead atoms. The summed E-state index contributed by atoms with van der Waals surface area (Å²) in [5.74, 6) is -1.12. The lowest BCUT2D eigenvalue weighted by molar-refractivity contribution is -0.384. The Balaban J connectivity index is 1.84. The number of hydrogen-bond donors (Lipinski definition) is 2. The molecule has 0 fully saturated rings. The van der Waals surface area contributed by atoms with Gasteiger partial charge in [0.15, 0.2) is 5.76 Å². The molecule has 29 heavy (non-hydrogen) atoms.